The van der Waals surface area contributed by atoms with E-state index in [-0.39, 0.29) is 10.8 Å². The first kappa shape index (κ1) is 21.8. The Hall–Kier alpha value is -2.50. The summed E-state index contributed by atoms with van der Waals surface area (Å²) in [5.41, 5.74) is 0.552. The molecular weight excluding hydrogens is 387 g/mol. The third-order valence-corrected chi connectivity index (χ3v) is 4.97. The molecule has 0 aliphatic carbocycles. The molecule has 0 aliphatic heterocycles. The van der Waals surface area contributed by atoms with Gasteiger partial charge >= 0.3 is 6.18 Å². The van der Waals surface area contributed by atoms with Crippen molar-refractivity contribution in [3.8, 4) is 6.07 Å². The highest BCUT2D eigenvalue weighted by Crippen LogP contribution is 2.33. The molecule has 148 valence electrons. The average Bonchev–Trinajstić information content (AvgIpc) is 2.63. The second-order valence-corrected chi connectivity index (χ2v) is 7.58. The highest BCUT2D eigenvalue weighted by atomic mass is 32.2. The van der Waals surface area contributed by atoms with Crippen molar-refractivity contribution in [2.45, 2.75) is 35.7 Å². The van der Waals surface area contributed by atoms with Gasteiger partial charge in [-0.1, -0.05) is 49.4 Å². The Morgan fingerprint density at radius 1 is 1.14 bits per heavy atom. The van der Waals surface area contributed by atoms with Gasteiger partial charge in [0, 0.05) is 16.6 Å². The molecular formula is C20H20F3N3OS. The Balaban J connectivity index is 2.03. The summed E-state index contributed by atoms with van der Waals surface area (Å²) in [6.07, 6.45) is -4.18. The minimum atomic E-state index is -4.53. The number of hydrogen-bond donors (Lipinski definition) is 2. The van der Waals surface area contributed by atoms with Crippen molar-refractivity contribution in [3.63, 3.8) is 0 Å². The maximum Gasteiger partial charge on any atom is 0.407 e. The number of hydrogen-bond acceptors (Lipinski definition) is 4. The Labute approximate surface area is 166 Å². The molecule has 0 radical (unpaired) electrons. The number of thioether (sulfide) groups is 1. The van der Waals surface area contributed by atoms with Crippen LogP contribution in [0.1, 0.15) is 24.9 Å². The zero-order valence-electron chi connectivity index (χ0n) is 15.2. The number of nitrogens with one attached hydrogen (secondary N) is 2. The molecule has 28 heavy (non-hydrogen) atoms. The summed E-state index contributed by atoms with van der Waals surface area (Å²) in [5, 5.41) is 13.7. The van der Waals surface area contributed by atoms with Crippen LogP contribution in [0.15, 0.2) is 59.5 Å². The summed E-state index contributed by atoms with van der Waals surface area (Å²) in [7, 11) is 0. The molecule has 2 atom stereocenters. The lowest BCUT2D eigenvalue weighted by Crippen LogP contribution is -2.38. The average molecular weight is 407 g/mol. The lowest BCUT2D eigenvalue weighted by molar-refractivity contribution is -0.158. The number of para-hydroxylation sites is 1. The zero-order chi connectivity index (χ0) is 20.6. The monoisotopic (exact) mass is 407 g/mol. The van der Waals surface area contributed by atoms with E-state index in [0.717, 1.165) is 4.90 Å². The van der Waals surface area contributed by atoms with Crippen molar-refractivity contribution < 1.29 is 18.0 Å². The number of amides is 1. The Morgan fingerprint density at radius 2 is 1.79 bits per heavy atom. The van der Waals surface area contributed by atoms with E-state index in [1.807, 2.05) is 6.92 Å². The topological polar surface area (TPSA) is 64.9 Å². The molecule has 2 N–H and O–H groups in total. The number of benzene rings is 2. The summed E-state index contributed by atoms with van der Waals surface area (Å²) in [6.45, 7) is 1.40. The summed E-state index contributed by atoms with van der Waals surface area (Å²) >= 11 is 1.42. The van der Waals surface area contributed by atoms with E-state index in [2.05, 4.69) is 16.7 Å². The summed E-state index contributed by atoms with van der Waals surface area (Å²) in [6, 6.07) is 14.6. The molecule has 2 aromatic rings. The second kappa shape index (κ2) is 10.2. The maximum atomic E-state index is 13.3. The molecule has 0 aliphatic rings. The van der Waals surface area contributed by atoms with E-state index in [1.54, 1.807) is 30.3 Å². The van der Waals surface area contributed by atoms with E-state index in [1.165, 1.54) is 36.0 Å². The lowest BCUT2D eigenvalue weighted by atomic mass is 10.1. The number of carbonyl (C=O) groups excluding carboxylic acids is 1. The van der Waals surface area contributed by atoms with Crippen LogP contribution >= 0.6 is 11.8 Å². The van der Waals surface area contributed by atoms with Gasteiger partial charge in [-0.05, 0) is 17.7 Å². The van der Waals surface area contributed by atoms with E-state index < -0.39 is 24.7 Å². The Bertz CT molecular complexity index is 821. The van der Waals surface area contributed by atoms with Crippen molar-refractivity contribution in [2.75, 3.05) is 11.9 Å². The van der Waals surface area contributed by atoms with Crippen LogP contribution in [0.2, 0.25) is 0 Å². The molecule has 2 unspecified atom stereocenters. The van der Waals surface area contributed by atoms with Gasteiger partial charge in [-0.25, -0.2) is 0 Å². The van der Waals surface area contributed by atoms with Crippen molar-refractivity contribution >= 4 is 23.4 Å². The van der Waals surface area contributed by atoms with Gasteiger partial charge in [0.05, 0.1) is 18.3 Å². The van der Waals surface area contributed by atoms with Crippen LogP contribution in [0.25, 0.3) is 0 Å². The SMILES string of the molecule is CC(CC#N)Sc1ccccc1NC(=O)CNC(c1ccccc1)C(F)(F)F. The van der Waals surface area contributed by atoms with Gasteiger partial charge in [0.2, 0.25) is 5.91 Å². The molecule has 4 nitrogen and oxygen atoms in total. The first-order valence-electron chi connectivity index (χ1n) is 8.58. The largest absolute Gasteiger partial charge is 0.407 e. The number of nitrogens with zero attached hydrogens (tertiary/aromatic N) is 1. The molecule has 0 heterocycles. The predicted molar refractivity (Wildman–Crippen MR) is 104 cm³/mol. The molecule has 0 fully saturated rings. The first-order chi connectivity index (χ1) is 13.3. The number of anilines is 1. The van der Waals surface area contributed by atoms with Crippen LogP contribution in [0.5, 0.6) is 0 Å². The van der Waals surface area contributed by atoms with Crippen LogP contribution < -0.4 is 10.6 Å². The van der Waals surface area contributed by atoms with Crippen LogP contribution in [-0.4, -0.2) is 23.9 Å². The predicted octanol–water partition coefficient (Wildman–Crippen LogP) is 4.91. The number of rotatable bonds is 8. The normalized spacial score (nSPS) is 13.4. The number of nitriles is 1. The van der Waals surface area contributed by atoms with Gasteiger partial charge < -0.3 is 5.32 Å². The van der Waals surface area contributed by atoms with Gasteiger partial charge in [-0.15, -0.1) is 11.8 Å². The molecule has 2 rings (SSSR count). The quantitative estimate of drug-likeness (QED) is 0.610. The van der Waals surface area contributed by atoms with Gasteiger partial charge in [0.15, 0.2) is 0 Å². The fraction of sp³-hybridized carbons (Fsp3) is 0.300. The van der Waals surface area contributed by atoms with Gasteiger partial charge in [-0.2, -0.15) is 18.4 Å². The fourth-order valence-corrected chi connectivity index (χ4v) is 3.51. The third-order valence-electron chi connectivity index (χ3n) is 3.80. The van der Waals surface area contributed by atoms with Gasteiger partial charge in [0.25, 0.3) is 0 Å². The van der Waals surface area contributed by atoms with Crippen LogP contribution in [0.4, 0.5) is 18.9 Å². The van der Waals surface area contributed by atoms with E-state index in [9.17, 15) is 18.0 Å². The summed E-state index contributed by atoms with van der Waals surface area (Å²) < 4.78 is 40.0. The zero-order valence-corrected chi connectivity index (χ0v) is 16.0. The minimum absolute atomic E-state index is 0.0221. The molecule has 0 saturated heterocycles. The van der Waals surface area contributed by atoms with Crippen molar-refractivity contribution in [1.82, 2.24) is 5.32 Å². The van der Waals surface area contributed by atoms with Crippen LogP contribution in [0.3, 0.4) is 0 Å². The van der Waals surface area contributed by atoms with Gasteiger partial charge in [0.1, 0.15) is 6.04 Å². The highest BCUT2D eigenvalue weighted by molar-refractivity contribution is 8.00. The standard InChI is InChI=1S/C20H20F3N3OS/c1-14(11-12-24)28-17-10-6-5-9-16(17)26-18(27)13-25-19(20(21,22)23)15-7-3-2-4-8-15/h2-10,14,19,25H,11,13H2,1H3,(H,26,27). The lowest BCUT2D eigenvalue weighted by Gasteiger charge is -2.22. The van der Waals surface area contributed by atoms with Crippen molar-refractivity contribution in [2.24, 2.45) is 0 Å². The van der Waals surface area contributed by atoms with E-state index in [4.69, 9.17) is 5.26 Å². The maximum absolute atomic E-state index is 13.3. The van der Waals surface area contributed by atoms with Crippen LogP contribution in [0, 0.1) is 11.3 Å². The summed E-state index contributed by atoms with van der Waals surface area (Å²) in [4.78, 5) is 13.0. The minimum Gasteiger partial charge on any atom is -0.324 e. The highest BCUT2D eigenvalue weighted by Gasteiger charge is 2.40. The van der Waals surface area contributed by atoms with E-state index >= 15 is 0 Å². The van der Waals surface area contributed by atoms with Crippen molar-refractivity contribution in [3.05, 3.63) is 60.2 Å². The van der Waals surface area contributed by atoms with Gasteiger partial charge in [-0.3, -0.25) is 10.1 Å². The smallest absolute Gasteiger partial charge is 0.324 e. The molecule has 0 spiro atoms. The molecule has 0 aromatic heterocycles. The number of alkyl halides is 3. The molecule has 8 heteroatoms. The molecule has 0 bridgehead atoms. The van der Waals surface area contributed by atoms with E-state index in [0.29, 0.717) is 12.1 Å². The summed E-state index contributed by atoms with van der Waals surface area (Å²) in [5.74, 6) is -0.578. The third kappa shape index (κ3) is 6.59. The number of halogens is 3. The Morgan fingerprint density at radius 3 is 2.43 bits per heavy atom. The number of carbonyl (C=O) groups is 1. The fourth-order valence-electron chi connectivity index (χ4n) is 2.52. The Kier molecular flexibility index (Phi) is 7.91. The first-order valence-corrected chi connectivity index (χ1v) is 9.46. The molecule has 0 saturated carbocycles. The van der Waals surface area contributed by atoms with Crippen molar-refractivity contribution in [1.29, 1.82) is 5.26 Å². The molecule has 1 amide bonds. The second-order valence-electron chi connectivity index (χ2n) is 6.10. The van der Waals surface area contributed by atoms with Crippen LogP contribution in [-0.2, 0) is 4.79 Å². The molecule has 2 aromatic carbocycles.